The molecule has 0 saturated carbocycles. The van der Waals surface area contributed by atoms with Crippen LogP contribution in [0.4, 0.5) is 10.1 Å². The lowest BCUT2D eigenvalue weighted by molar-refractivity contribution is 0.574. The topological polar surface area (TPSA) is 28.2 Å². The predicted octanol–water partition coefficient (Wildman–Crippen LogP) is 4.77. The van der Waals surface area contributed by atoms with Gasteiger partial charge in [-0.3, -0.25) is 4.98 Å². The summed E-state index contributed by atoms with van der Waals surface area (Å²) < 4.78 is 13.7. The number of aromatic nitrogens is 1. The van der Waals surface area contributed by atoms with Crippen molar-refractivity contribution in [1.29, 1.82) is 0 Å². The van der Waals surface area contributed by atoms with E-state index in [4.69, 9.17) is 12.2 Å². The average molecular weight is 369 g/mol. The maximum absolute atomic E-state index is 13.7. The lowest BCUT2D eigenvalue weighted by Crippen LogP contribution is -2.29. The van der Waals surface area contributed by atoms with Crippen LogP contribution in [0.15, 0.2) is 60.1 Å². The second kappa shape index (κ2) is 6.54. The summed E-state index contributed by atoms with van der Waals surface area (Å²) in [6, 6.07) is 15.0. The van der Waals surface area contributed by atoms with Crippen LogP contribution >= 0.6 is 23.6 Å². The zero-order valence-corrected chi connectivity index (χ0v) is 15.2. The number of halogens is 1. The molecule has 1 aliphatic heterocycles. The molecule has 25 heavy (non-hydrogen) atoms. The van der Waals surface area contributed by atoms with Crippen LogP contribution in [0.5, 0.6) is 0 Å². The second-order valence-corrected chi connectivity index (χ2v) is 7.31. The van der Waals surface area contributed by atoms with Gasteiger partial charge in [-0.15, -0.1) is 11.3 Å². The summed E-state index contributed by atoms with van der Waals surface area (Å²) in [6.45, 7) is 1.77. The van der Waals surface area contributed by atoms with Gasteiger partial charge in [-0.2, -0.15) is 0 Å². The van der Waals surface area contributed by atoms with Crippen molar-refractivity contribution in [2.75, 3.05) is 4.90 Å². The Morgan fingerprint density at radius 3 is 2.76 bits per heavy atom. The van der Waals surface area contributed by atoms with Gasteiger partial charge in [0.15, 0.2) is 5.11 Å². The Morgan fingerprint density at radius 1 is 1.20 bits per heavy atom. The molecule has 1 aliphatic rings. The van der Waals surface area contributed by atoms with Crippen LogP contribution in [0.2, 0.25) is 0 Å². The number of nitrogens with zero attached hydrogens (tertiary/aromatic N) is 2. The molecular formula is C19H16FN3S2. The molecule has 0 bridgehead atoms. The number of aryl methyl sites for hydroxylation is 1. The zero-order chi connectivity index (χ0) is 17.4. The fraction of sp³-hybridized carbons (Fsp3) is 0.158. The van der Waals surface area contributed by atoms with E-state index in [0.29, 0.717) is 10.7 Å². The summed E-state index contributed by atoms with van der Waals surface area (Å²) in [6.07, 6.45) is 1.79. The van der Waals surface area contributed by atoms with Crippen LogP contribution < -0.4 is 10.2 Å². The van der Waals surface area contributed by atoms with Gasteiger partial charge in [0.25, 0.3) is 0 Å². The number of thiophene rings is 1. The molecule has 1 N–H and O–H groups in total. The van der Waals surface area contributed by atoms with Crippen LogP contribution in [-0.4, -0.2) is 10.1 Å². The molecule has 0 amide bonds. The van der Waals surface area contributed by atoms with Crippen LogP contribution in [0, 0.1) is 12.7 Å². The fourth-order valence-electron chi connectivity index (χ4n) is 3.16. The standard InChI is InChI=1S/C19H16FN3S2/c1-12-11-13(7-8-14(12)20)23-18(16-6-4-10-25-16)17(22-19(23)24)15-5-2-3-9-21-15/h2-11,17-18H,1H3,(H,22,24)/t17-,18-/m0/s1. The molecular weight excluding hydrogens is 353 g/mol. The first-order valence-corrected chi connectivity index (χ1v) is 9.24. The quantitative estimate of drug-likeness (QED) is 0.673. The lowest BCUT2D eigenvalue weighted by atomic mass is 10.0. The molecule has 0 unspecified atom stereocenters. The number of pyridine rings is 1. The Hall–Kier alpha value is -2.31. The Labute approximate surface area is 155 Å². The van der Waals surface area contributed by atoms with E-state index in [9.17, 15) is 4.39 Å². The molecule has 3 nitrogen and oxygen atoms in total. The number of hydrogen-bond donors (Lipinski definition) is 1. The molecule has 126 valence electrons. The fourth-order valence-corrected chi connectivity index (χ4v) is 4.36. The smallest absolute Gasteiger partial charge is 0.174 e. The number of benzene rings is 1. The van der Waals surface area contributed by atoms with Crippen molar-refractivity contribution >= 4 is 34.4 Å². The maximum Gasteiger partial charge on any atom is 0.174 e. The Morgan fingerprint density at radius 2 is 2.08 bits per heavy atom. The Bertz CT molecular complexity index is 896. The predicted molar refractivity (Wildman–Crippen MR) is 103 cm³/mol. The van der Waals surface area contributed by atoms with Gasteiger partial charge >= 0.3 is 0 Å². The molecule has 1 fully saturated rings. The molecule has 3 heterocycles. The molecule has 0 aliphatic carbocycles. The molecule has 2 atom stereocenters. The summed E-state index contributed by atoms with van der Waals surface area (Å²) in [5, 5.41) is 6.08. The minimum absolute atomic E-state index is 0.0211. The molecule has 1 saturated heterocycles. The van der Waals surface area contributed by atoms with E-state index in [2.05, 4.69) is 26.6 Å². The molecule has 0 spiro atoms. The molecule has 1 aromatic carbocycles. The highest BCUT2D eigenvalue weighted by Crippen LogP contribution is 2.43. The molecule has 0 radical (unpaired) electrons. The Kier molecular flexibility index (Phi) is 4.23. The van der Waals surface area contributed by atoms with Gasteiger partial charge in [0, 0.05) is 16.8 Å². The highest BCUT2D eigenvalue weighted by molar-refractivity contribution is 7.80. The third-order valence-electron chi connectivity index (χ3n) is 4.35. The van der Waals surface area contributed by atoms with Crippen LogP contribution in [-0.2, 0) is 0 Å². The zero-order valence-electron chi connectivity index (χ0n) is 13.5. The first kappa shape index (κ1) is 16.2. The maximum atomic E-state index is 13.7. The summed E-state index contributed by atoms with van der Waals surface area (Å²) in [7, 11) is 0. The third kappa shape index (κ3) is 2.92. The van der Waals surface area contributed by atoms with Gasteiger partial charge in [0.05, 0.1) is 17.8 Å². The van der Waals surface area contributed by atoms with Crippen molar-refractivity contribution < 1.29 is 4.39 Å². The largest absolute Gasteiger partial charge is 0.351 e. The van der Waals surface area contributed by atoms with E-state index < -0.39 is 0 Å². The second-order valence-electron chi connectivity index (χ2n) is 5.95. The number of rotatable bonds is 3. The van der Waals surface area contributed by atoms with Gasteiger partial charge < -0.3 is 10.2 Å². The summed E-state index contributed by atoms with van der Waals surface area (Å²) in [5.74, 6) is -0.212. The van der Waals surface area contributed by atoms with Crippen LogP contribution in [0.3, 0.4) is 0 Å². The van der Waals surface area contributed by atoms with Gasteiger partial charge in [-0.05, 0) is 66.5 Å². The van der Waals surface area contributed by atoms with Crippen LogP contribution in [0.25, 0.3) is 0 Å². The minimum Gasteiger partial charge on any atom is -0.351 e. The van der Waals surface area contributed by atoms with Crippen molar-refractivity contribution in [2.45, 2.75) is 19.0 Å². The van der Waals surface area contributed by atoms with Crippen molar-refractivity contribution in [1.82, 2.24) is 10.3 Å². The van der Waals surface area contributed by atoms with Crippen molar-refractivity contribution in [2.24, 2.45) is 0 Å². The number of hydrogen-bond acceptors (Lipinski definition) is 3. The highest BCUT2D eigenvalue weighted by atomic mass is 32.1. The number of anilines is 1. The van der Waals surface area contributed by atoms with E-state index in [0.717, 1.165) is 11.4 Å². The van der Waals surface area contributed by atoms with Gasteiger partial charge in [-0.25, -0.2) is 4.39 Å². The highest BCUT2D eigenvalue weighted by Gasteiger charge is 2.41. The summed E-state index contributed by atoms with van der Waals surface area (Å²) >= 11 is 7.31. The van der Waals surface area contributed by atoms with E-state index in [1.54, 1.807) is 30.5 Å². The van der Waals surface area contributed by atoms with E-state index in [-0.39, 0.29) is 17.9 Å². The SMILES string of the molecule is Cc1cc(N2C(=S)N[C@@H](c3ccccn3)[C@@H]2c2cccs2)ccc1F. The first-order chi connectivity index (χ1) is 12.1. The minimum atomic E-state index is -0.212. The normalized spacial score (nSPS) is 19.9. The van der Waals surface area contributed by atoms with Gasteiger partial charge in [0.2, 0.25) is 0 Å². The Balaban J connectivity index is 1.82. The first-order valence-electron chi connectivity index (χ1n) is 7.95. The lowest BCUT2D eigenvalue weighted by Gasteiger charge is -2.27. The van der Waals surface area contributed by atoms with E-state index in [1.807, 2.05) is 30.3 Å². The number of nitrogens with one attached hydrogen (secondary N) is 1. The van der Waals surface area contributed by atoms with Crippen molar-refractivity contribution in [3.05, 3.63) is 82.1 Å². The van der Waals surface area contributed by atoms with E-state index >= 15 is 0 Å². The van der Waals surface area contributed by atoms with Gasteiger partial charge in [-0.1, -0.05) is 12.1 Å². The van der Waals surface area contributed by atoms with E-state index in [1.165, 1.54) is 10.9 Å². The van der Waals surface area contributed by atoms with Crippen LogP contribution in [0.1, 0.15) is 28.2 Å². The average Bonchev–Trinajstić information content (AvgIpc) is 3.25. The summed E-state index contributed by atoms with van der Waals surface area (Å²) in [4.78, 5) is 7.76. The molecule has 4 rings (SSSR count). The van der Waals surface area contributed by atoms with Gasteiger partial charge in [0.1, 0.15) is 5.82 Å². The van der Waals surface area contributed by atoms with Crippen molar-refractivity contribution in [3.8, 4) is 0 Å². The van der Waals surface area contributed by atoms with Crippen molar-refractivity contribution in [3.63, 3.8) is 0 Å². The number of thiocarbonyl (C=S) groups is 1. The third-order valence-corrected chi connectivity index (χ3v) is 5.61. The molecule has 2 aromatic heterocycles. The molecule has 3 aromatic rings. The monoisotopic (exact) mass is 369 g/mol. The molecule has 6 heteroatoms. The summed E-state index contributed by atoms with van der Waals surface area (Å²) in [5.41, 5.74) is 2.42.